The third kappa shape index (κ3) is 2.96. The highest BCUT2D eigenvalue weighted by molar-refractivity contribution is 9.10. The van der Waals surface area contributed by atoms with Gasteiger partial charge < -0.3 is 11.1 Å². The Balaban J connectivity index is 2.56. The lowest BCUT2D eigenvalue weighted by molar-refractivity contribution is 0.631. The van der Waals surface area contributed by atoms with Crippen molar-refractivity contribution in [2.24, 2.45) is 5.73 Å². The summed E-state index contributed by atoms with van der Waals surface area (Å²) >= 11 is 8.36. The number of nitrogens with zero attached hydrogens (tertiary/aromatic N) is 1. The van der Waals surface area contributed by atoms with Crippen molar-refractivity contribution < 1.29 is 4.39 Å². The van der Waals surface area contributed by atoms with Crippen LogP contribution in [0, 0.1) is 19.7 Å². The number of aryl methyl sites for hydroxylation is 2. The van der Waals surface area contributed by atoms with E-state index in [0.717, 1.165) is 11.3 Å². The number of thiocarbonyl (C=S) groups is 1. The van der Waals surface area contributed by atoms with Crippen LogP contribution in [0.1, 0.15) is 16.8 Å². The van der Waals surface area contributed by atoms with Crippen molar-refractivity contribution in [1.82, 2.24) is 4.98 Å². The van der Waals surface area contributed by atoms with Crippen LogP contribution in [0.4, 0.5) is 15.9 Å². The van der Waals surface area contributed by atoms with E-state index < -0.39 is 0 Å². The number of pyridine rings is 1. The summed E-state index contributed by atoms with van der Waals surface area (Å²) in [7, 11) is 0. The largest absolute Gasteiger partial charge is 0.389 e. The maximum Gasteiger partial charge on any atom is 0.147 e. The maximum absolute atomic E-state index is 13.9. The molecule has 6 heteroatoms. The zero-order chi connectivity index (χ0) is 14.9. The number of benzene rings is 1. The Morgan fingerprint density at radius 1 is 1.40 bits per heavy atom. The van der Waals surface area contributed by atoms with E-state index in [1.807, 2.05) is 19.9 Å². The number of halogens is 2. The smallest absolute Gasteiger partial charge is 0.147 e. The zero-order valence-electron chi connectivity index (χ0n) is 11.0. The quantitative estimate of drug-likeness (QED) is 0.819. The van der Waals surface area contributed by atoms with Gasteiger partial charge in [0.25, 0.3) is 0 Å². The summed E-state index contributed by atoms with van der Waals surface area (Å²) < 4.78 is 14.5. The molecule has 0 saturated carbocycles. The van der Waals surface area contributed by atoms with Crippen molar-refractivity contribution in [3.05, 3.63) is 51.4 Å². The van der Waals surface area contributed by atoms with Crippen LogP contribution in [0.25, 0.3) is 0 Å². The molecule has 0 aliphatic heterocycles. The Morgan fingerprint density at radius 3 is 2.70 bits per heavy atom. The van der Waals surface area contributed by atoms with Gasteiger partial charge in [0, 0.05) is 10.2 Å². The van der Waals surface area contributed by atoms with Gasteiger partial charge in [-0.3, -0.25) is 0 Å². The molecule has 2 aromatic rings. The van der Waals surface area contributed by atoms with E-state index in [2.05, 4.69) is 26.2 Å². The first-order valence-corrected chi connectivity index (χ1v) is 7.09. The Kier molecular flexibility index (Phi) is 4.35. The van der Waals surface area contributed by atoms with Crippen molar-refractivity contribution in [3.8, 4) is 0 Å². The molecule has 0 aliphatic carbocycles. The Labute approximate surface area is 130 Å². The van der Waals surface area contributed by atoms with Crippen LogP contribution in [0.5, 0.6) is 0 Å². The molecule has 1 aromatic heterocycles. The summed E-state index contributed by atoms with van der Waals surface area (Å²) in [5.74, 6) is 0.0787. The van der Waals surface area contributed by atoms with E-state index in [1.54, 1.807) is 12.1 Å². The van der Waals surface area contributed by atoms with Crippen molar-refractivity contribution in [3.63, 3.8) is 0 Å². The fourth-order valence-electron chi connectivity index (χ4n) is 1.97. The first kappa shape index (κ1) is 14.9. The van der Waals surface area contributed by atoms with Crippen molar-refractivity contribution in [2.75, 3.05) is 5.32 Å². The second-order valence-corrected chi connectivity index (χ2v) is 5.68. The number of nitrogens with two attached hydrogens (primary N) is 1. The van der Waals surface area contributed by atoms with Crippen molar-refractivity contribution in [1.29, 1.82) is 0 Å². The highest BCUT2D eigenvalue weighted by Crippen LogP contribution is 2.30. The molecule has 20 heavy (non-hydrogen) atoms. The molecule has 1 heterocycles. The molecular formula is C14H13BrFN3S. The minimum Gasteiger partial charge on any atom is -0.389 e. The number of hydrogen-bond donors (Lipinski definition) is 2. The van der Waals surface area contributed by atoms with E-state index in [0.29, 0.717) is 21.5 Å². The topological polar surface area (TPSA) is 50.9 Å². The second kappa shape index (κ2) is 5.85. The van der Waals surface area contributed by atoms with Gasteiger partial charge in [0.05, 0.1) is 11.3 Å². The lowest BCUT2D eigenvalue weighted by atomic mass is 10.1. The maximum atomic E-state index is 13.9. The van der Waals surface area contributed by atoms with E-state index in [1.165, 1.54) is 6.07 Å². The average Bonchev–Trinajstić information content (AvgIpc) is 2.32. The summed E-state index contributed by atoms with van der Waals surface area (Å²) in [6, 6.07) is 6.62. The van der Waals surface area contributed by atoms with Gasteiger partial charge in [-0.15, -0.1) is 0 Å². The molecule has 2 rings (SSSR count). The zero-order valence-corrected chi connectivity index (χ0v) is 13.4. The lowest BCUT2D eigenvalue weighted by Gasteiger charge is -2.15. The van der Waals surface area contributed by atoms with Crippen molar-refractivity contribution in [2.45, 2.75) is 13.8 Å². The monoisotopic (exact) mass is 353 g/mol. The highest BCUT2D eigenvalue weighted by atomic mass is 79.9. The van der Waals surface area contributed by atoms with Crippen molar-refractivity contribution >= 4 is 44.6 Å². The van der Waals surface area contributed by atoms with Gasteiger partial charge in [0.1, 0.15) is 16.6 Å². The molecule has 0 spiro atoms. The Morgan fingerprint density at radius 2 is 2.10 bits per heavy atom. The third-order valence-corrected chi connectivity index (χ3v) is 3.66. The van der Waals surface area contributed by atoms with Gasteiger partial charge in [-0.2, -0.15) is 0 Å². The van der Waals surface area contributed by atoms with Crippen LogP contribution >= 0.6 is 28.1 Å². The molecule has 1 aromatic carbocycles. The molecule has 3 nitrogen and oxygen atoms in total. The fourth-order valence-corrected chi connectivity index (χ4v) is 2.67. The van der Waals surface area contributed by atoms with Crippen LogP contribution in [-0.2, 0) is 0 Å². The normalized spacial score (nSPS) is 10.4. The van der Waals surface area contributed by atoms with E-state index in [-0.39, 0.29) is 10.8 Å². The van der Waals surface area contributed by atoms with Gasteiger partial charge in [0.15, 0.2) is 0 Å². The first-order valence-electron chi connectivity index (χ1n) is 5.89. The van der Waals surface area contributed by atoms with Crippen LogP contribution in [-0.4, -0.2) is 9.97 Å². The molecule has 0 radical (unpaired) electrons. The molecule has 0 aliphatic rings. The summed E-state index contributed by atoms with van der Waals surface area (Å²) in [4.78, 5) is 4.59. The van der Waals surface area contributed by atoms with Gasteiger partial charge in [0.2, 0.25) is 0 Å². The second-order valence-electron chi connectivity index (χ2n) is 4.39. The minimum absolute atomic E-state index is 0.227. The van der Waals surface area contributed by atoms with E-state index in [9.17, 15) is 4.39 Å². The van der Waals surface area contributed by atoms with Gasteiger partial charge in [-0.05, 0) is 53.5 Å². The molecule has 0 atom stereocenters. The van der Waals surface area contributed by atoms with Crippen LogP contribution in [0.3, 0.4) is 0 Å². The van der Waals surface area contributed by atoms with Gasteiger partial charge >= 0.3 is 0 Å². The Hall–Kier alpha value is -1.53. The lowest BCUT2D eigenvalue weighted by Crippen LogP contribution is -2.16. The predicted octanol–water partition coefficient (Wildman–Crippen LogP) is 3.98. The number of hydrogen-bond acceptors (Lipinski definition) is 3. The fraction of sp³-hybridized carbons (Fsp3) is 0.143. The molecular weight excluding hydrogens is 341 g/mol. The molecule has 0 bridgehead atoms. The van der Waals surface area contributed by atoms with E-state index in [4.69, 9.17) is 18.0 Å². The minimum atomic E-state index is -0.380. The standard InChI is InChI=1S/C14H13BrFN3S/c1-7-6-8(2)18-14(11(7)13(17)20)19-12-9(15)4-3-5-10(12)16/h3-6H,1-2H3,(H2,17,20)(H,18,19). The summed E-state index contributed by atoms with van der Waals surface area (Å²) in [5, 5.41) is 2.97. The number of rotatable bonds is 3. The van der Waals surface area contributed by atoms with Gasteiger partial charge in [-0.25, -0.2) is 9.37 Å². The SMILES string of the molecule is Cc1cc(C)c(C(N)=S)c(Nc2c(F)cccc2Br)n1. The van der Waals surface area contributed by atoms with Crippen LogP contribution in [0.2, 0.25) is 0 Å². The van der Waals surface area contributed by atoms with E-state index >= 15 is 0 Å². The van der Waals surface area contributed by atoms with Crippen LogP contribution in [0.15, 0.2) is 28.7 Å². The first-order chi connectivity index (χ1) is 9.40. The summed E-state index contributed by atoms with van der Waals surface area (Å²) in [5.41, 5.74) is 8.38. The predicted molar refractivity (Wildman–Crippen MR) is 87.0 cm³/mol. The summed E-state index contributed by atoms with van der Waals surface area (Å²) in [6.07, 6.45) is 0. The highest BCUT2D eigenvalue weighted by Gasteiger charge is 2.14. The number of anilines is 2. The number of nitrogens with one attached hydrogen (secondary N) is 1. The number of para-hydroxylation sites is 1. The molecule has 104 valence electrons. The van der Waals surface area contributed by atoms with Crippen LogP contribution < -0.4 is 11.1 Å². The van der Waals surface area contributed by atoms with Gasteiger partial charge in [-0.1, -0.05) is 18.3 Å². The average molecular weight is 354 g/mol. The molecule has 0 fully saturated rings. The molecule has 0 unspecified atom stereocenters. The summed E-state index contributed by atoms with van der Waals surface area (Å²) in [6.45, 7) is 3.75. The number of aromatic nitrogens is 1. The third-order valence-electron chi connectivity index (χ3n) is 2.80. The molecule has 0 amide bonds. The Bertz CT molecular complexity index is 668. The molecule has 0 saturated heterocycles. The molecule has 3 N–H and O–H groups in total.